The zero-order chi connectivity index (χ0) is 15.2. The largest absolute Gasteiger partial charge is 0.448 e. The molecule has 7 heteroatoms. The molecule has 0 aliphatic rings. The fourth-order valence-corrected chi connectivity index (χ4v) is 2.09. The lowest BCUT2D eigenvalue weighted by Gasteiger charge is -2.08. The van der Waals surface area contributed by atoms with Crippen LogP contribution < -0.4 is 5.43 Å². The van der Waals surface area contributed by atoms with Crippen LogP contribution in [0.1, 0.15) is 22.6 Å². The predicted octanol–water partition coefficient (Wildman–Crippen LogP) is 3.21. The predicted molar refractivity (Wildman–Crippen MR) is 82.0 cm³/mol. The molecule has 0 aromatic carbocycles. The Bertz CT molecular complexity index is 703. The molecule has 0 aliphatic heterocycles. The summed E-state index contributed by atoms with van der Waals surface area (Å²) in [6.07, 6.45) is 1.51. The number of aryl methyl sites for hydroxylation is 1. The van der Waals surface area contributed by atoms with E-state index in [-0.39, 0.29) is 0 Å². The van der Waals surface area contributed by atoms with Crippen LogP contribution in [0, 0.1) is 18.3 Å². The molecule has 1 N–H and O–H groups in total. The fraction of sp³-hybridized carbons (Fsp3) is 0.214. The number of nitriles is 1. The van der Waals surface area contributed by atoms with E-state index in [9.17, 15) is 5.26 Å². The number of nitrogens with zero attached hydrogens (tertiary/aromatic N) is 3. The second kappa shape index (κ2) is 7.02. The van der Waals surface area contributed by atoms with Crippen LogP contribution in [0.5, 0.6) is 0 Å². The molecule has 2 rings (SSSR count). The molecule has 0 spiro atoms. The quantitative estimate of drug-likeness (QED) is 0.662. The number of hydrogen-bond donors (Lipinski definition) is 1. The molecule has 108 valence electrons. The number of hydrazone groups is 1. The Labute approximate surface area is 130 Å². The SMILES string of the molecule is COCc1cc(C)nc(NN=Cc2ccc(Br)o2)c1C#N. The molecule has 0 saturated carbocycles. The molecule has 0 saturated heterocycles. The maximum Gasteiger partial charge on any atom is 0.169 e. The van der Waals surface area contributed by atoms with Gasteiger partial charge in [-0.1, -0.05) is 0 Å². The Morgan fingerprint density at radius 1 is 1.57 bits per heavy atom. The monoisotopic (exact) mass is 348 g/mol. The van der Waals surface area contributed by atoms with Gasteiger partial charge < -0.3 is 9.15 Å². The third-order valence-corrected chi connectivity index (χ3v) is 3.02. The molecule has 0 aliphatic carbocycles. The smallest absolute Gasteiger partial charge is 0.169 e. The summed E-state index contributed by atoms with van der Waals surface area (Å²) in [6, 6.07) is 7.47. The fourth-order valence-electron chi connectivity index (χ4n) is 1.77. The molecule has 2 heterocycles. The highest BCUT2D eigenvalue weighted by molar-refractivity contribution is 9.10. The number of hydrogen-bond acceptors (Lipinski definition) is 6. The van der Waals surface area contributed by atoms with Crippen molar-refractivity contribution in [2.45, 2.75) is 13.5 Å². The third-order valence-electron chi connectivity index (χ3n) is 2.60. The second-order valence-corrected chi connectivity index (χ2v) is 4.98. The molecule has 21 heavy (non-hydrogen) atoms. The number of pyridine rings is 1. The summed E-state index contributed by atoms with van der Waals surface area (Å²) in [5.41, 5.74) is 4.73. The van der Waals surface area contributed by atoms with E-state index in [1.165, 1.54) is 6.21 Å². The van der Waals surface area contributed by atoms with Gasteiger partial charge in [-0.2, -0.15) is 10.4 Å². The van der Waals surface area contributed by atoms with Crippen LogP contribution in [0.25, 0.3) is 0 Å². The summed E-state index contributed by atoms with van der Waals surface area (Å²) in [4.78, 5) is 4.28. The topological polar surface area (TPSA) is 83.4 Å². The normalized spacial score (nSPS) is 10.8. The van der Waals surface area contributed by atoms with E-state index < -0.39 is 0 Å². The van der Waals surface area contributed by atoms with Gasteiger partial charge in [0.1, 0.15) is 17.4 Å². The van der Waals surface area contributed by atoms with E-state index in [2.05, 4.69) is 37.5 Å². The lowest BCUT2D eigenvalue weighted by Crippen LogP contribution is -2.03. The number of rotatable bonds is 5. The summed E-state index contributed by atoms with van der Waals surface area (Å²) in [5.74, 6) is 0.976. The first-order valence-corrected chi connectivity index (χ1v) is 6.87. The van der Waals surface area contributed by atoms with Gasteiger partial charge >= 0.3 is 0 Å². The number of methoxy groups -OCH3 is 1. The Hall–Kier alpha value is -2.17. The summed E-state index contributed by atoms with van der Waals surface area (Å²) in [6.45, 7) is 2.19. The van der Waals surface area contributed by atoms with Gasteiger partial charge in [0.05, 0.1) is 12.8 Å². The zero-order valence-corrected chi connectivity index (χ0v) is 13.1. The standard InChI is InChI=1S/C14H13BrN4O2/c1-9-5-10(8-20-2)12(6-16)14(18-9)19-17-7-11-3-4-13(15)21-11/h3-5,7H,8H2,1-2H3,(H,18,19). The van der Waals surface area contributed by atoms with Gasteiger partial charge in [-0.05, 0) is 41.1 Å². The minimum absolute atomic E-state index is 0.343. The molecule has 0 bridgehead atoms. The third kappa shape index (κ3) is 3.90. The van der Waals surface area contributed by atoms with Gasteiger partial charge in [-0.15, -0.1) is 0 Å². The zero-order valence-electron chi connectivity index (χ0n) is 11.6. The van der Waals surface area contributed by atoms with Crippen molar-refractivity contribution in [3.05, 3.63) is 45.4 Å². The lowest BCUT2D eigenvalue weighted by molar-refractivity contribution is 0.184. The summed E-state index contributed by atoms with van der Waals surface area (Å²) >= 11 is 3.21. The summed E-state index contributed by atoms with van der Waals surface area (Å²) in [7, 11) is 1.58. The van der Waals surface area contributed by atoms with Crippen LogP contribution in [0.2, 0.25) is 0 Å². The van der Waals surface area contributed by atoms with Gasteiger partial charge in [0.25, 0.3) is 0 Å². The second-order valence-electron chi connectivity index (χ2n) is 4.20. The van der Waals surface area contributed by atoms with Crippen molar-refractivity contribution in [1.29, 1.82) is 5.26 Å². The minimum Gasteiger partial charge on any atom is -0.448 e. The number of furan rings is 1. The number of aromatic nitrogens is 1. The molecular weight excluding hydrogens is 336 g/mol. The van der Waals surface area contributed by atoms with Gasteiger partial charge in [0, 0.05) is 18.4 Å². The Kier molecular flexibility index (Phi) is 5.09. The lowest BCUT2D eigenvalue weighted by atomic mass is 10.1. The van der Waals surface area contributed by atoms with Crippen molar-refractivity contribution >= 4 is 28.0 Å². The molecule has 0 fully saturated rings. The van der Waals surface area contributed by atoms with Crippen LogP contribution >= 0.6 is 15.9 Å². The van der Waals surface area contributed by atoms with Crippen molar-refractivity contribution in [3.8, 4) is 6.07 Å². The maximum absolute atomic E-state index is 9.27. The highest BCUT2D eigenvalue weighted by Gasteiger charge is 2.10. The number of ether oxygens (including phenoxy) is 1. The average Bonchev–Trinajstić information content (AvgIpc) is 2.85. The van der Waals surface area contributed by atoms with E-state index in [0.717, 1.165) is 11.3 Å². The molecule has 0 amide bonds. The minimum atomic E-state index is 0.343. The number of nitrogens with one attached hydrogen (secondary N) is 1. The van der Waals surface area contributed by atoms with Crippen LogP contribution in [0.15, 0.2) is 32.4 Å². The maximum atomic E-state index is 9.27. The molecule has 6 nitrogen and oxygen atoms in total. The van der Waals surface area contributed by atoms with E-state index in [1.54, 1.807) is 19.2 Å². The van der Waals surface area contributed by atoms with Crippen LogP contribution in [0.4, 0.5) is 5.82 Å². The van der Waals surface area contributed by atoms with Crippen molar-refractivity contribution in [3.63, 3.8) is 0 Å². The Morgan fingerprint density at radius 3 is 3.00 bits per heavy atom. The van der Waals surface area contributed by atoms with Crippen molar-refractivity contribution in [2.75, 3.05) is 12.5 Å². The van der Waals surface area contributed by atoms with Crippen LogP contribution in [-0.4, -0.2) is 18.3 Å². The molecular formula is C14H13BrN4O2. The highest BCUT2D eigenvalue weighted by atomic mass is 79.9. The number of anilines is 1. The van der Waals surface area contributed by atoms with Gasteiger partial charge in [-0.25, -0.2) is 4.98 Å². The first kappa shape index (κ1) is 15.2. The van der Waals surface area contributed by atoms with E-state index in [0.29, 0.717) is 28.4 Å². The highest BCUT2D eigenvalue weighted by Crippen LogP contribution is 2.19. The molecule has 0 atom stereocenters. The van der Waals surface area contributed by atoms with Crippen molar-refractivity contribution < 1.29 is 9.15 Å². The van der Waals surface area contributed by atoms with Crippen molar-refractivity contribution in [2.24, 2.45) is 5.10 Å². The Balaban J connectivity index is 2.23. The average molecular weight is 349 g/mol. The van der Waals surface area contributed by atoms with Crippen molar-refractivity contribution in [1.82, 2.24) is 4.98 Å². The molecule has 2 aromatic rings. The van der Waals surface area contributed by atoms with Crippen LogP contribution in [0.3, 0.4) is 0 Å². The summed E-state index contributed by atoms with van der Waals surface area (Å²) in [5, 5.41) is 13.3. The molecule has 0 radical (unpaired) electrons. The first-order valence-electron chi connectivity index (χ1n) is 6.08. The van der Waals surface area contributed by atoms with E-state index in [1.807, 2.05) is 13.0 Å². The number of halogens is 1. The molecule has 0 unspecified atom stereocenters. The van der Waals surface area contributed by atoms with Gasteiger partial charge in [-0.3, -0.25) is 5.43 Å². The summed E-state index contributed by atoms with van der Waals surface area (Å²) < 4.78 is 11.0. The Morgan fingerprint density at radius 2 is 2.38 bits per heavy atom. The molecule has 2 aromatic heterocycles. The van der Waals surface area contributed by atoms with Gasteiger partial charge in [0.2, 0.25) is 0 Å². The first-order chi connectivity index (χ1) is 10.1. The van der Waals surface area contributed by atoms with Gasteiger partial charge in [0.15, 0.2) is 10.5 Å². The van der Waals surface area contributed by atoms with E-state index in [4.69, 9.17) is 9.15 Å². The van der Waals surface area contributed by atoms with Crippen LogP contribution in [-0.2, 0) is 11.3 Å². The van der Waals surface area contributed by atoms with E-state index >= 15 is 0 Å².